The summed E-state index contributed by atoms with van der Waals surface area (Å²) < 4.78 is 0. The van der Waals surface area contributed by atoms with Gasteiger partial charge >= 0.3 is 0 Å². The topological polar surface area (TPSA) is 0 Å². The largest absolute Gasteiger partial charge is 0.0842 e. The second-order valence-corrected chi connectivity index (χ2v) is 5.89. The lowest BCUT2D eigenvalue weighted by Crippen LogP contribution is -2.28. The third-order valence-corrected chi connectivity index (χ3v) is 5.38. The highest BCUT2D eigenvalue weighted by Crippen LogP contribution is 2.58. The monoisotopic (exact) mass is 240 g/mol. The van der Waals surface area contributed by atoms with Crippen molar-refractivity contribution in [3.63, 3.8) is 0 Å². The molecule has 1 unspecified atom stereocenters. The Bertz CT molecular complexity index is 452. The summed E-state index contributed by atoms with van der Waals surface area (Å²) in [6.45, 7) is 4.77. The molecule has 0 aliphatic heterocycles. The minimum absolute atomic E-state index is 0.423. The molecule has 0 saturated carbocycles. The Balaban J connectivity index is 2.17. The zero-order valence-corrected chi connectivity index (χ0v) is 11.7. The molecule has 0 amide bonds. The van der Waals surface area contributed by atoms with Crippen molar-refractivity contribution in [2.75, 3.05) is 0 Å². The maximum Gasteiger partial charge on any atom is 0.00222 e. The molecule has 18 heavy (non-hydrogen) atoms. The Labute approximate surface area is 111 Å². The van der Waals surface area contributed by atoms with E-state index in [9.17, 15) is 0 Å². The molecule has 0 radical (unpaired) electrons. The molecule has 3 rings (SSSR count). The third-order valence-electron chi connectivity index (χ3n) is 5.38. The first-order valence-corrected chi connectivity index (χ1v) is 7.60. The summed E-state index contributed by atoms with van der Waals surface area (Å²) in [5, 5.41) is 0. The molecule has 0 N–H and O–H groups in total. The van der Waals surface area contributed by atoms with Crippen LogP contribution in [0.3, 0.4) is 0 Å². The van der Waals surface area contributed by atoms with Crippen LogP contribution in [0.5, 0.6) is 0 Å². The standard InChI is InChI=1S/C18H24/c1-3-18(4-2)16-12-7-5-6-10-14(16)15-11-8-9-13-17(15)18/h7-9,11-12,17H,3-6,10,13H2,1-2H3. The van der Waals surface area contributed by atoms with Gasteiger partial charge in [-0.15, -0.1) is 0 Å². The van der Waals surface area contributed by atoms with Gasteiger partial charge in [-0.1, -0.05) is 44.2 Å². The van der Waals surface area contributed by atoms with Crippen LogP contribution in [0.1, 0.15) is 52.4 Å². The van der Waals surface area contributed by atoms with E-state index < -0.39 is 0 Å². The van der Waals surface area contributed by atoms with Crippen molar-refractivity contribution in [2.24, 2.45) is 11.3 Å². The molecule has 0 aromatic heterocycles. The van der Waals surface area contributed by atoms with Crippen molar-refractivity contribution < 1.29 is 0 Å². The second-order valence-electron chi connectivity index (χ2n) is 5.89. The first-order valence-electron chi connectivity index (χ1n) is 7.60. The van der Waals surface area contributed by atoms with Crippen molar-refractivity contribution in [1.82, 2.24) is 0 Å². The smallest absolute Gasteiger partial charge is 0.00222 e. The summed E-state index contributed by atoms with van der Waals surface area (Å²) in [5.74, 6) is 0.755. The normalized spacial score (nSPS) is 28.8. The molecular weight excluding hydrogens is 216 g/mol. The van der Waals surface area contributed by atoms with Gasteiger partial charge in [0.25, 0.3) is 0 Å². The summed E-state index contributed by atoms with van der Waals surface area (Å²) in [6.07, 6.45) is 19.6. The van der Waals surface area contributed by atoms with E-state index in [1.54, 1.807) is 16.7 Å². The SMILES string of the molecule is CCC1(CC)C2=C(CCCC=C2)C2=CC=CCC21. The van der Waals surface area contributed by atoms with Gasteiger partial charge in [-0.25, -0.2) is 0 Å². The molecule has 3 aliphatic carbocycles. The van der Waals surface area contributed by atoms with Gasteiger partial charge < -0.3 is 0 Å². The fourth-order valence-corrected chi connectivity index (χ4v) is 4.37. The Hall–Kier alpha value is -1.04. The molecule has 96 valence electrons. The van der Waals surface area contributed by atoms with Crippen molar-refractivity contribution in [3.8, 4) is 0 Å². The van der Waals surface area contributed by atoms with Gasteiger partial charge in [-0.2, -0.15) is 0 Å². The molecule has 3 aliphatic rings. The summed E-state index contributed by atoms with van der Waals surface area (Å²) in [6, 6.07) is 0. The first-order chi connectivity index (χ1) is 8.83. The fraction of sp³-hybridized carbons (Fsp3) is 0.556. The predicted molar refractivity (Wildman–Crippen MR) is 78.4 cm³/mol. The van der Waals surface area contributed by atoms with Gasteiger partial charge in [-0.05, 0) is 61.2 Å². The van der Waals surface area contributed by atoms with Gasteiger partial charge in [0.05, 0.1) is 0 Å². The molecule has 0 heteroatoms. The van der Waals surface area contributed by atoms with Crippen LogP contribution in [-0.4, -0.2) is 0 Å². The molecule has 0 aromatic carbocycles. The predicted octanol–water partition coefficient (Wildman–Crippen LogP) is 5.35. The minimum Gasteiger partial charge on any atom is -0.0842 e. The van der Waals surface area contributed by atoms with E-state index in [1.807, 2.05) is 0 Å². The molecule has 0 nitrogen and oxygen atoms in total. The molecule has 0 fully saturated rings. The van der Waals surface area contributed by atoms with E-state index in [-0.39, 0.29) is 0 Å². The Kier molecular flexibility index (Phi) is 3.05. The highest BCUT2D eigenvalue weighted by molar-refractivity contribution is 5.55. The summed E-state index contributed by atoms with van der Waals surface area (Å²) >= 11 is 0. The molecule has 0 spiro atoms. The average molecular weight is 240 g/mol. The number of hydrogen-bond acceptors (Lipinski definition) is 0. The molecule has 0 saturated heterocycles. The van der Waals surface area contributed by atoms with Gasteiger partial charge in [0.2, 0.25) is 0 Å². The molecule has 0 aromatic rings. The van der Waals surface area contributed by atoms with Crippen LogP contribution in [0.2, 0.25) is 0 Å². The van der Waals surface area contributed by atoms with E-state index in [2.05, 4.69) is 44.2 Å². The first kappa shape index (κ1) is 12.0. The number of fused-ring (bicyclic) bond motifs is 2. The Morgan fingerprint density at radius 3 is 2.83 bits per heavy atom. The lowest BCUT2D eigenvalue weighted by atomic mass is 9.67. The lowest BCUT2D eigenvalue weighted by Gasteiger charge is -2.37. The molecule has 1 atom stereocenters. The zero-order valence-electron chi connectivity index (χ0n) is 11.7. The highest BCUT2D eigenvalue weighted by atomic mass is 14.5. The van der Waals surface area contributed by atoms with Gasteiger partial charge in [-0.3, -0.25) is 0 Å². The van der Waals surface area contributed by atoms with Crippen molar-refractivity contribution >= 4 is 0 Å². The molecule has 0 bridgehead atoms. The number of rotatable bonds is 2. The van der Waals surface area contributed by atoms with Gasteiger partial charge in [0.15, 0.2) is 0 Å². The van der Waals surface area contributed by atoms with E-state index in [0.29, 0.717) is 5.41 Å². The van der Waals surface area contributed by atoms with Crippen LogP contribution in [0.15, 0.2) is 47.1 Å². The van der Waals surface area contributed by atoms with E-state index >= 15 is 0 Å². The summed E-state index contributed by atoms with van der Waals surface area (Å²) in [7, 11) is 0. The van der Waals surface area contributed by atoms with Crippen LogP contribution in [0, 0.1) is 11.3 Å². The zero-order chi connectivity index (χ0) is 12.6. The number of allylic oxidation sites excluding steroid dienone is 8. The van der Waals surface area contributed by atoms with E-state index in [0.717, 1.165) is 5.92 Å². The van der Waals surface area contributed by atoms with E-state index in [1.165, 1.54) is 38.5 Å². The fourth-order valence-electron chi connectivity index (χ4n) is 4.37. The summed E-state index contributed by atoms with van der Waals surface area (Å²) in [5.41, 5.74) is 5.47. The van der Waals surface area contributed by atoms with Crippen LogP contribution in [0.25, 0.3) is 0 Å². The van der Waals surface area contributed by atoms with Crippen molar-refractivity contribution in [1.29, 1.82) is 0 Å². The van der Waals surface area contributed by atoms with Crippen LogP contribution in [-0.2, 0) is 0 Å². The maximum absolute atomic E-state index is 2.47. The van der Waals surface area contributed by atoms with Crippen molar-refractivity contribution in [2.45, 2.75) is 52.4 Å². The lowest BCUT2D eigenvalue weighted by molar-refractivity contribution is 0.247. The van der Waals surface area contributed by atoms with Gasteiger partial charge in [0, 0.05) is 5.41 Å². The highest BCUT2D eigenvalue weighted by Gasteiger charge is 2.47. The van der Waals surface area contributed by atoms with Crippen LogP contribution < -0.4 is 0 Å². The molecular formula is C18H24. The van der Waals surface area contributed by atoms with Crippen molar-refractivity contribution in [3.05, 3.63) is 47.1 Å². The molecule has 0 heterocycles. The number of hydrogen-bond donors (Lipinski definition) is 0. The van der Waals surface area contributed by atoms with Gasteiger partial charge in [0.1, 0.15) is 0 Å². The summed E-state index contributed by atoms with van der Waals surface area (Å²) in [4.78, 5) is 0. The third kappa shape index (κ3) is 1.51. The second kappa shape index (κ2) is 4.57. The maximum atomic E-state index is 2.47. The van der Waals surface area contributed by atoms with E-state index in [4.69, 9.17) is 0 Å². The average Bonchev–Trinajstić information content (AvgIpc) is 2.58. The van der Waals surface area contributed by atoms with Crippen LogP contribution in [0.4, 0.5) is 0 Å². The minimum atomic E-state index is 0.423. The van der Waals surface area contributed by atoms with Crippen LogP contribution >= 0.6 is 0 Å². The Morgan fingerprint density at radius 2 is 2.06 bits per heavy atom. The quantitative estimate of drug-likeness (QED) is 0.610. The Morgan fingerprint density at radius 1 is 1.22 bits per heavy atom.